The molecule has 22 heavy (non-hydrogen) atoms. The minimum Gasteiger partial charge on any atom is -0.480 e. The Balaban J connectivity index is 2.71. The molecule has 0 fully saturated rings. The summed E-state index contributed by atoms with van der Waals surface area (Å²) in [5.74, 6) is -3.03. The predicted molar refractivity (Wildman–Crippen MR) is 90.8 cm³/mol. The second kappa shape index (κ2) is 6.31. The van der Waals surface area contributed by atoms with Gasteiger partial charge in [0.2, 0.25) is 0 Å². The number of carboxylic acid groups (broad SMARTS) is 1. The molecular formula is C12H7Br4NO5. The molecule has 1 heterocycles. The van der Waals surface area contributed by atoms with Crippen LogP contribution in [0.5, 0.6) is 0 Å². The predicted octanol–water partition coefficient (Wildman–Crippen LogP) is 3.17. The number of nitrogens with zero attached hydrogens (tertiary/aromatic N) is 1. The van der Waals surface area contributed by atoms with E-state index in [9.17, 15) is 24.6 Å². The summed E-state index contributed by atoms with van der Waals surface area (Å²) in [6.45, 7) is 1.21. The van der Waals surface area contributed by atoms with E-state index in [0.29, 0.717) is 22.8 Å². The number of rotatable bonds is 3. The Labute approximate surface area is 158 Å². The van der Waals surface area contributed by atoms with Crippen LogP contribution in [-0.2, 0) is 4.79 Å². The van der Waals surface area contributed by atoms with E-state index in [0.717, 1.165) is 0 Å². The van der Waals surface area contributed by atoms with E-state index in [2.05, 4.69) is 63.7 Å². The second-order valence-corrected chi connectivity index (χ2v) is 7.68. The molecule has 2 rings (SSSR count). The average Bonchev–Trinajstić information content (AvgIpc) is 2.67. The minimum atomic E-state index is -1.66. The molecule has 1 aromatic carbocycles. The molecule has 10 heteroatoms. The number of aliphatic hydroxyl groups excluding tert-OH is 1. The Morgan fingerprint density at radius 3 is 1.59 bits per heavy atom. The number of carboxylic acids is 1. The molecular weight excluding hydrogens is 558 g/mol. The number of imide groups is 1. The highest BCUT2D eigenvalue weighted by atomic mass is 79.9. The summed E-state index contributed by atoms with van der Waals surface area (Å²) >= 11 is 13.0. The largest absolute Gasteiger partial charge is 0.480 e. The van der Waals surface area contributed by atoms with Crippen LogP contribution in [0.25, 0.3) is 0 Å². The van der Waals surface area contributed by atoms with E-state index in [4.69, 9.17) is 0 Å². The summed E-state index contributed by atoms with van der Waals surface area (Å²) in [5, 5.41) is 18.9. The molecule has 0 unspecified atom stereocenters. The van der Waals surface area contributed by atoms with Gasteiger partial charge in [-0.15, -0.1) is 0 Å². The standard InChI is InChI=1S/C12H7Br4NO5/c1-2(18)9(12(21)22)17-10(19)3-4(11(17)20)6(14)8(16)7(15)5(3)13/h2,9,18H,1H3,(H,21,22)/t2-,9-/m1/s1. The third-order valence-corrected chi connectivity index (χ3v) is 7.89. The monoisotopic (exact) mass is 561 g/mol. The van der Waals surface area contributed by atoms with E-state index in [1.54, 1.807) is 0 Å². The van der Waals surface area contributed by atoms with Crippen LogP contribution in [0.4, 0.5) is 0 Å². The van der Waals surface area contributed by atoms with E-state index in [-0.39, 0.29) is 11.1 Å². The summed E-state index contributed by atoms with van der Waals surface area (Å²) in [4.78, 5) is 37.0. The average molecular weight is 565 g/mol. The van der Waals surface area contributed by atoms with Crippen molar-refractivity contribution in [3.05, 3.63) is 29.0 Å². The van der Waals surface area contributed by atoms with Crippen molar-refractivity contribution in [1.82, 2.24) is 4.90 Å². The van der Waals surface area contributed by atoms with Crippen molar-refractivity contribution in [3.63, 3.8) is 0 Å². The Kier molecular flexibility index (Phi) is 5.18. The first-order valence-corrected chi connectivity index (χ1v) is 8.93. The Bertz CT molecular complexity index is 671. The van der Waals surface area contributed by atoms with Gasteiger partial charge in [0.15, 0.2) is 6.04 Å². The lowest BCUT2D eigenvalue weighted by molar-refractivity contribution is -0.145. The number of hydrogen-bond acceptors (Lipinski definition) is 4. The van der Waals surface area contributed by atoms with Gasteiger partial charge in [0.25, 0.3) is 11.8 Å². The highest BCUT2D eigenvalue weighted by Crippen LogP contribution is 2.45. The molecule has 2 amide bonds. The Hall–Kier alpha value is -0.290. The maximum absolute atomic E-state index is 12.5. The fraction of sp³-hybridized carbons (Fsp3) is 0.250. The quantitative estimate of drug-likeness (QED) is 0.334. The topological polar surface area (TPSA) is 94.9 Å². The fourth-order valence-corrected chi connectivity index (χ4v) is 4.61. The van der Waals surface area contributed by atoms with Crippen LogP contribution < -0.4 is 0 Å². The number of halogens is 4. The fourth-order valence-electron chi connectivity index (χ4n) is 2.15. The number of amides is 2. The summed E-state index contributed by atoms with van der Waals surface area (Å²) in [5.41, 5.74) is 0.0812. The third kappa shape index (κ3) is 2.58. The molecule has 118 valence electrons. The van der Waals surface area contributed by atoms with Crippen LogP contribution >= 0.6 is 63.7 Å². The van der Waals surface area contributed by atoms with E-state index < -0.39 is 29.9 Å². The van der Waals surface area contributed by atoms with Gasteiger partial charge >= 0.3 is 5.97 Å². The van der Waals surface area contributed by atoms with Gasteiger partial charge in [-0.1, -0.05) is 0 Å². The number of carbonyl (C=O) groups is 3. The molecule has 6 nitrogen and oxygen atoms in total. The molecule has 0 saturated heterocycles. The molecule has 1 aromatic rings. The van der Waals surface area contributed by atoms with Crippen molar-refractivity contribution in [2.45, 2.75) is 19.1 Å². The zero-order chi connectivity index (χ0) is 16.9. The zero-order valence-electron chi connectivity index (χ0n) is 10.7. The SMILES string of the molecule is C[C@@H](O)[C@H](C(=O)O)N1C(=O)c2c(Br)c(Br)c(Br)c(Br)c2C1=O. The highest BCUT2D eigenvalue weighted by Gasteiger charge is 2.47. The first kappa shape index (κ1) is 18.1. The minimum absolute atomic E-state index is 0.0406. The van der Waals surface area contributed by atoms with Crippen LogP contribution in [0.1, 0.15) is 27.6 Å². The molecule has 0 bridgehead atoms. The summed E-state index contributed by atoms with van der Waals surface area (Å²) < 4.78 is 1.66. The van der Waals surface area contributed by atoms with Gasteiger partial charge in [0.1, 0.15) is 0 Å². The smallest absolute Gasteiger partial charge is 0.329 e. The number of hydrogen-bond donors (Lipinski definition) is 2. The van der Waals surface area contributed by atoms with Crippen molar-refractivity contribution >= 4 is 81.5 Å². The van der Waals surface area contributed by atoms with Gasteiger partial charge < -0.3 is 10.2 Å². The van der Waals surface area contributed by atoms with Gasteiger partial charge in [-0.05, 0) is 70.6 Å². The van der Waals surface area contributed by atoms with Crippen LogP contribution in [0, 0.1) is 0 Å². The molecule has 0 spiro atoms. The van der Waals surface area contributed by atoms with Crippen LogP contribution in [0.15, 0.2) is 17.9 Å². The second-order valence-electron chi connectivity index (χ2n) is 4.51. The molecule has 0 radical (unpaired) electrons. The Morgan fingerprint density at radius 1 is 0.955 bits per heavy atom. The van der Waals surface area contributed by atoms with Crippen molar-refractivity contribution in [2.24, 2.45) is 0 Å². The van der Waals surface area contributed by atoms with Crippen molar-refractivity contribution in [3.8, 4) is 0 Å². The maximum atomic E-state index is 12.5. The van der Waals surface area contributed by atoms with Gasteiger partial charge in [-0.3, -0.25) is 14.5 Å². The number of aliphatic hydroxyl groups is 1. The molecule has 0 saturated carbocycles. The van der Waals surface area contributed by atoms with Crippen molar-refractivity contribution < 1.29 is 24.6 Å². The van der Waals surface area contributed by atoms with Crippen molar-refractivity contribution in [2.75, 3.05) is 0 Å². The van der Waals surface area contributed by atoms with Crippen LogP contribution in [0.3, 0.4) is 0 Å². The normalized spacial score (nSPS) is 16.7. The number of fused-ring (bicyclic) bond motifs is 1. The zero-order valence-corrected chi connectivity index (χ0v) is 17.1. The van der Waals surface area contributed by atoms with E-state index >= 15 is 0 Å². The summed E-state index contributed by atoms with van der Waals surface area (Å²) in [7, 11) is 0. The van der Waals surface area contributed by atoms with Crippen molar-refractivity contribution in [1.29, 1.82) is 0 Å². The van der Waals surface area contributed by atoms with Gasteiger partial charge in [-0.25, -0.2) is 4.79 Å². The van der Waals surface area contributed by atoms with Gasteiger partial charge in [0.05, 0.1) is 17.2 Å². The lowest BCUT2D eigenvalue weighted by Gasteiger charge is -2.24. The number of benzene rings is 1. The highest BCUT2D eigenvalue weighted by molar-refractivity contribution is 9.15. The first-order chi connectivity index (χ1) is 10.1. The molecule has 1 aliphatic rings. The number of carbonyl (C=O) groups excluding carboxylic acids is 2. The van der Waals surface area contributed by atoms with Gasteiger partial charge in [0, 0.05) is 17.9 Å². The lowest BCUT2D eigenvalue weighted by atomic mass is 10.1. The maximum Gasteiger partial charge on any atom is 0.329 e. The molecule has 1 aliphatic heterocycles. The number of aliphatic carboxylic acids is 1. The third-order valence-electron chi connectivity index (χ3n) is 3.12. The van der Waals surface area contributed by atoms with E-state index in [1.807, 2.05) is 0 Å². The molecule has 2 N–H and O–H groups in total. The summed E-state index contributed by atoms with van der Waals surface area (Å²) in [6.07, 6.45) is -1.41. The Morgan fingerprint density at radius 2 is 1.32 bits per heavy atom. The summed E-state index contributed by atoms with van der Waals surface area (Å²) in [6, 6.07) is -1.66. The molecule has 0 aliphatic carbocycles. The molecule has 2 atom stereocenters. The lowest BCUT2D eigenvalue weighted by Crippen LogP contribution is -2.50. The van der Waals surface area contributed by atoms with Crippen LogP contribution in [0.2, 0.25) is 0 Å². The molecule has 0 aromatic heterocycles. The van der Waals surface area contributed by atoms with Gasteiger partial charge in [-0.2, -0.15) is 0 Å². The first-order valence-electron chi connectivity index (χ1n) is 5.75. The van der Waals surface area contributed by atoms with E-state index in [1.165, 1.54) is 6.92 Å². The van der Waals surface area contributed by atoms with Crippen LogP contribution in [-0.4, -0.2) is 45.0 Å².